The van der Waals surface area contributed by atoms with E-state index < -0.39 is 24.4 Å². The zero-order chi connectivity index (χ0) is 21.7. The lowest BCUT2D eigenvalue weighted by atomic mass is 10.0. The summed E-state index contributed by atoms with van der Waals surface area (Å²) in [7, 11) is 1.53. The maximum Gasteiger partial charge on any atom is 0.311 e. The number of methoxy groups -OCH3 is 1. The lowest BCUT2D eigenvalue weighted by Crippen LogP contribution is -2.28. The molecule has 1 fully saturated rings. The van der Waals surface area contributed by atoms with Gasteiger partial charge in [-0.1, -0.05) is 38.1 Å². The van der Waals surface area contributed by atoms with Gasteiger partial charge >= 0.3 is 5.97 Å². The van der Waals surface area contributed by atoms with E-state index in [1.54, 1.807) is 18.2 Å². The normalized spacial score (nSPS) is 15.9. The van der Waals surface area contributed by atoms with Crippen molar-refractivity contribution in [3.63, 3.8) is 0 Å². The number of hydrogen-bond acceptors (Lipinski definition) is 5. The number of nitrogens with zero attached hydrogens (tertiary/aromatic N) is 1. The molecular formula is C23H26N2O5. The predicted molar refractivity (Wildman–Crippen MR) is 114 cm³/mol. The molecule has 0 bridgehead atoms. The molecule has 1 N–H and O–H groups in total. The zero-order valence-electron chi connectivity index (χ0n) is 17.4. The molecule has 0 unspecified atom stereocenters. The first-order chi connectivity index (χ1) is 14.4. The molecule has 3 rings (SSSR count). The van der Waals surface area contributed by atoms with Crippen LogP contribution in [0.5, 0.6) is 5.75 Å². The van der Waals surface area contributed by atoms with E-state index in [4.69, 9.17) is 9.47 Å². The number of hydrogen-bond donors (Lipinski definition) is 1. The minimum atomic E-state index is -0.625. The highest BCUT2D eigenvalue weighted by Crippen LogP contribution is 2.33. The summed E-state index contributed by atoms with van der Waals surface area (Å²) in [4.78, 5) is 38.4. The SMILES string of the molecule is COc1ccccc1N1C[C@H](C(=O)OCC(=O)Nc2ccc(C(C)C)cc2)CC1=O. The van der Waals surface area contributed by atoms with Crippen molar-refractivity contribution in [2.24, 2.45) is 5.92 Å². The molecule has 0 saturated carbocycles. The van der Waals surface area contributed by atoms with Gasteiger partial charge in [-0.15, -0.1) is 0 Å². The molecule has 30 heavy (non-hydrogen) atoms. The Kier molecular flexibility index (Phi) is 6.72. The Labute approximate surface area is 176 Å². The molecule has 0 aromatic heterocycles. The van der Waals surface area contributed by atoms with Crippen molar-refractivity contribution in [2.75, 3.05) is 30.5 Å². The number of anilines is 2. The third-order valence-electron chi connectivity index (χ3n) is 5.04. The summed E-state index contributed by atoms with van der Waals surface area (Å²) in [5.74, 6) is -0.836. The van der Waals surface area contributed by atoms with Crippen molar-refractivity contribution >= 4 is 29.2 Å². The van der Waals surface area contributed by atoms with Gasteiger partial charge < -0.3 is 19.7 Å². The summed E-state index contributed by atoms with van der Waals surface area (Å²) in [6.07, 6.45) is 0.0369. The lowest BCUT2D eigenvalue weighted by Gasteiger charge is -2.19. The Morgan fingerprint density at radius 2 is 1.83 bits per heavy atom. The van der Waals surface area contributed by atoms with E-state index >= 15 is 0 Å². The molecule has 1 atom stereocenters. The van der Waals surface area contributed by atoms with Gasteiger partial charge in [-0.2, -0.15) is 0 Å². The van der Waals surface area contributed by atoms with Gasteiger partial charge in [-0.3, -0.25) is 14.4 Å². The molecule has 1 aliphatic heterocycles. The third-order valence-corrected chi connectivity index (χ3v) is 5.04. The van der Waals surface area contributed by atoms with Gasteiger partial charge in [0.2, 0.25) is 5.91 Å². The van der Waals surface area contributed by atoms with Crippen molar-refractivity contribution in [2.45, 2.75) is 26.2 Å². The maximum atomic E-state index is 12.4. The van der Waals surface area contributed by atoms with Crippen molar-refractivity contribution in [1.82, 2.24) is 0 Å². The van der Waals surface area contributed by atoms with Gasteiger partial charge in [0.25, 0.3) is 5.91 Å². The van der Waals surface area contributed by atoms with Crippen molar-refractivity contribution < 1.29 is 23.9 Å². The highest BCUT2D eigenvalue weighted by Gasteiger charge is 2.37. The highest BCUT2D eigenvalue weighted by atomic mass is 16.5. The second-order valence-electron chi connectivity index (χ2n) is 7.51. The molecule has 0 aliphatic carbocycles. The predicted octanol–water partition coefficient (Wildman–Crippen LogP) is 3.35. The monoisotopic (exact) mass is 410 g/mol. The number of carbonyl (C=O) groups is 3. The van der Waals surface area contributed by atoms with Crippen LogP contribution in [0.15, 0.2) is 48.5 Å². The fraction of sp³-hybridized carbons (Fsp3) is 0.348. The van der Waals surface area contributed by atoms with E-state index in [1.165, 1.54) is 17.6 Å². The van der Waals surface area contributed by atoms with Gasteiger partial charge in [0.05, 0.1) is 18.7 Å². The Balaban J connectivity index is 1.52. The number of carbonyl (C=O) groups excluding carboxylic acids is 3. The van der Waals surface area contributed by atoms with Gasteiger partial charge in [0, 0.05) is 18.7 Å². The first-order valence-corrected chi connectivity index (χ1v) is 9.89. The number of para-hydroxylation sites is 2. The number of ether oxygens (including phenoxy) is 2. The summed E-state index contributed by atoms with van der Waals surface area (Å²) >= 11 is 0. The zero-order valence-corrected chi connectivity index (χ0v) is 17.4. The number of amides is 2. The maximum absolute atomic E-state index is 12.4. The number of esters is 1. The second-order valence-corrected chi connectivity index (χ2v) is 7.51. The molecule has 1 heterocycles. The lowest BCUT2D eigenvalue weighted by molar-refractivity contribution is -0.151. The minimum Gasteiger partial charge on any atom is -0.495 e. The smallest absolute Gasteiger partial charge is 0.311 e. The van der Waals surface area contributed by atoms with Crippen LogP contribution in [0.2, 0.25) is 0 Å². The molecule has 1 saturated heterocycles. The van der Waals surface area contributed by atoms with E-state index in [1.807, 2.05) is 30.3 Å². The van der Waals surface area contributed by atoms with Gasteiger partial charge in [0.15, 0.2) is 6.61 Å². The van der Waals surface area contributed by atoms with E-state index in [9.17, 15) is 14.4 Å². The van der Waals surface area contributed by atoms with E-state index in [2.05, 4.69) is 19.2 Å². The van der Waals surface area contributed by atoms with Crippen LogP contribution in [0.1, 0.15) is 31.7 Å². The van der Waals surface area contributed by atoms with Crippen LogP contribution < -0.4 is 15.0 Å². The molecule has 0 radical (unpaired) electrons. The van der Waals surface area contributed by atoms with Gasteiger partial charge in [-0.25, -0.2) is 0 Å². The summed E-state index contributed by atoms with van der Waals surface area (Å²) in [5, 5.41) is 2.70. The van der Waals surface area contributed by atoms with Gasteiger partial charge in [0.1, 0.15) is 5.75 Å². The fourth-order valence-electron chi connectivity index (χ4n) is 3.35. The molecule has 7 heteroatoms. The van der Waals surface area contributed by atoms with Crippen LogP contribution in [0.4, 0.5) is 11.4 Å². The summed E-state index contributed by atoms with van der Waals surface area (Å²) < 4.78 is 10.4. The van der Waals surface area contributed by atoms with Crippen LogP contribution in [0, 0.1) is 5.92 Å². The van der Waals surface area contributed by atoms with Crippen LogP contribution >= 0.6 is 0 Å². The number of nitrogens with one attached hydrogen (secondary N) is 1. The van der Waals surface area contributed by atoms with Gasteiger partial charge in [-0.05, 0) is 35.7 Å². The molecule has 1 aliphatic rings. The van der Waals surface area contributed by atoms with Crippen LogP contribution in [0.3, 0.4) is 0 Å². The largest absolute Gasteiger partial charge is 0.495 e. The molecular weight excluding hydrogens is 384 g/mol. The first kappa shape index (κ1) is 21.4. The Hall–Kier alpha value is -3.35. The molecule has 7 nitrogen and oxygen atoms in total. The van der Waals surface area contributed by atoms with Crippen molar-refractivity contribution in [1.29, 1.82) is 0 Å². The quantitative estimate of drug-likeness (QED) is 0.708. The van der Waals surface area contributed by atoms with Crippen molar-refractivity contribution in [3.05, 3.63) is 54.1 Å². The standard InChI is InChI=1S/C23H26N2O5/c1-15(2)16-8-10-18(11-9-16)24-21(26)14-30-23(28)17-12-22(27)25(13-17)19-6-4-5-7-20(19)29-3/h4-11,15,17H,12-14H2,1-3H3,(H,24,26)/t17-/m1/s1. The minimum absolute atomic E-state index is 0.0369. The average Bonchev–Trinajstić information content (AvgIpc) is 3.14. The molecule has 158 valence electrons. The molecule has 0 spiro atoms. The number of benzene rings is 2. The second kappa shape index (κ2) is 9.43. The Morgan fingerprint density at radius 1 is 1.13 bits per heavy atom. The van der Waals surface area contributed by atoms with Crippen LogP contribution in [-0.2, 0) is 19.1 Å². The average molecular weight is 410 g/mol. The van der Waals surface area contributed by atoms with Crippen LogP contribution in [-0.4, -0.2) is 38.0 Å². The molecule has 2 amide bonds. The first-order valence-electron chi connectivity index (χ1n) is 9.89. The molecule has 2 aromatic rings. The third kappa shape index (κ3) is 4.97. The van der Waals surface area contributed by atoms with Crippen LogP contribution in [0.25, 0.3) is 0 Å². The fourth-order valence-corrected chi connectivity index (χ4v) is 3.35. The molecule has 2 aromatic carbocycles. The van der Waals surface area contributed by atoms with Crippen molar-refractivity contribution in [3.8, 4) is 5.75 Å². The van der Waals surface area contributed by atoms with E-state index in [0.29, 0.717) is 23.0 Å². The highest BCUT2D eigenvalue weighted by molar-refractivity contribution is 6.01. The van der Waals surface area contributed by atoms with E-state index in [-0.39, 0.29) is 18.9 Å². The topological polar surface area (TPSA) is 84.9 Å². The summed E-state index contributed by atoms with van der Waals surface area (Å²) in [6, 6.07) is 14.7. The van der Waals surface area contributed by atoms with E-state index in [0.717, 1.165) is 0 Å². The summed E-state index contributed by atoms with van der Waals surface area (Å²) in [5.41, 5.74) is 2.42. The summed E-state index contributed by atoms with van der Waals surface area (Å²) in [6.45, 7) is 3.98. The Morgan fingerprint density at radius 3 is 2.50 bits per heavy atom. The number of rotatable bonds is 7. The Bertz CT molecular complexity index is 923.